The van der Waals surface area contributed by atoms with E-state index in [1.165, 1.54) is 25.3 Å². The van der Waals surface area contributed by atoms with E-state index in [1.54, 1.807) is 13.0 Å². The first kappa shape index (κ1) is 18.0. The molecule has 0 aliphatic carbocycles. The molecule has 0 unspecified atom stereocenters. The van der Waals surface area contributed by atoms with E-state index in [0.717, 1.165) is 6.07 Å². The number of aromatic nitrogens is 1. The summed E-state index contributed by atoms with van der Waals surface area (Å²) in [5.41, 5.74) is -2.23. The molecule has 5 nitrogen and oxygen atoms in total. The second-order valence-corrected chi connectivity index (χ2v) is 5.46. The Morgan fingerprint density at radius 1 is 1.25 bits per heavy atom. The Morgan fingerprint density at radius 2 is 1.96 bits per heavy atom. The van der Waals surface area contributed by atoms with Crippen LogP contribution in [0.15, 0.2) is 34.9 Å². The van der Waals surface area contributed by atoms with E-state index in [2.05, 4.69) is 10.3 Å². The van der Waals surface area contributed by atoms with Gasteiger partial charge in [0, 0.05) is 24.9 Å². The Labute approximate surface area is 136 Å². The van der Waals surface area contributed by atoms with Crippen LogP contribution in [0.4, 0.5) is 13.2 Å². The van der Waals surface area contributed by atoms with Gasteiger partial charge in [0.15, 0.2) is 0 Å². The average Bonchev–Trinajstić information content (AvgIpc) is 2.93. The minimum Gasteiger partial charge on any atom is -0.463 e. The van der Waals surface area contributed by atoms with E-state index in [1.807, 2.05) is 0 Å². The number of hydrogen-bond donors (Lipinski definition) is 2. The van der Waals surface area contributed by atoms with Gasteiger partial charge in [0.25, 0.3) is 5.91 Å². The van der Waals surface area contributed by atoms with Gasteiger partial charge in [-0.1, -0.05) is 0 Å². The molecule has 8 heteroatoms. The molecule has 0 aliphatic heterocycles. The fourth-order valence-electron chi connectivity index (χ4n) is 2.12. The first-order chi connectivity index (χ1) is 11.1. The van der Waals surface area contributed by atoms with E-state index >= 15 is 0 Å². The van der Waals surface area contributed by atoms with Crippen molar-refractivity contribution < 1.29 is 27.5 Å². The van der Waals surface area contributed by atoms with E-state index in [9.17, 15) is 23.1 Å². The smallest absolute Gasteiger partial charge is 0.424 e. The number of aliphatic hydroxyl groups is 1. The molecular formula is C16H17F3N2O3. The molecule has 0 bridgehead atoms. The largest absolute Gasteiger partial charge is 0.463 e. The summed E-state index contributed by atoms with van der Waals surface area (Å²) in [5.74, 6) is -0.913. The van der Waals surface area contributed by atoms with Crippen molar-refractivity contribution in [3.05, 3.63) is 53.2 Å². The maximum absolute atomic E-state index is 13.3. The third kappa shape index (κ3) is 3.76. The summed E-state index contributed by atoms with van der Waals surface area (Å²) in [6.45, 7) is 2.84. The molecule has 1 amide bonds. The molecule has 2 rings (SSSR count). The number of halogens is 3. The number of aryl methyl sites for hydroxylation is 2. The van der Waals surface area contributed by atoms with Gasteiger partial charge in [-0.3, -0.25) is 9.78 Å². The molecule has 0 saturated heterocycles. The number of alkyl halides is 3. The van der Waals surface area contributed by atoms with Gasteiger partial charge in [0.1, 0.15) is 11.5 Å². The number of rotatable bonds is 5. The average molecular weight is 342 g/mol. The lowest BCUT2D eigenvalue weighted by atomic mass is 9.95. The van der Waals surface area contributed by atoms with Crippen LogP contribution >= 0.6 is 0 Å². The van der Waals surface area contributed by atoms with Gasteiger partial charge >= 0.3 is 6.18 Å². The number of pyridine rings is 1. The van der Waals surface area contributed by atoms with E-state index in [0.29, 0.717) is 5.69 Å². The van der Waals surface area contributed by atoms with Crippen molar-refractivity contribution in [1.29, 1.82) is 0 Å². The quantitative estimate of drug-likeness (QED) is 0.876. The lowest BCUT2D eigenvalue weighted by Crippen LogP contribution is -2.44. The van der Waals surface area contributed by atoms with E-state index in [4.69, 9.17) is 4.42 Å². The monoisotopic (exact) mass is 342 g/mol. The molecule has 0 radical (unpaired) electrons. The lowest BCUT2D eigenvalue weighted by Gasteiger charge is -2.28. The van der Waals surface area contributed by atoms with Crippen LogP contribution in [0.1, 0.15) is 34.0 Å². The van der Waals surface area contributed by atoms with Crippen molar-refractivity contribution in [2.75, 3.05) is 6.54 Å². The van der Waals surface area contributed by atoms with Crippen LogP contribution in [0, 0.1) is 13.8 Å². The van der Waals surface area contributed by atoms with Crippen molar-refractivity contribution in [3.8, 4) is 0 Å². The van der Waals surface area contributed by atoms with Gasteiger partial charge in [-0.2, -0.15) is 13.2 Å². The predicted octanol–water partition coefficient (Wildman–Crippen LogP) is 2.86. The summed E-state index contributed by atoms with van der Waals surface area (Å²) in [6, 6.07) is 5.55. The normalized spacial score (nSPS) is 14.2. The van der Waals surface area contributed by atoms with Crippen LogP contribution in [-0.2, 0) is 5.60 Å². The third-order valence-electron chi connectivity index (χ3n) is 3.56. The molecular weight excluding hydrogens is 325 g/mol. The topological polar surface area (TPSA) is 75.4 Å². The Hall–Kier alpha value is -2.35. The molecule has 2 N–H and O–H groups in total. The van der Waals surface area contributed by atoms with Crippen LogP contribution in [0.25, 0.3) is 0 Å². The fourth-order valence-corrected chi connectivity index (χ4v) is 2.12. The molecule has 0 fully saturated rings. The van der Waals surface area contributed by atoms with Crippen molar-refractivity contribution in [2.24, 2.45) is 0 Å². The highest BCUT2D eigenvalue weighted by atomic mass is 19.4. The number of nitrogens with zero attached hydrogens (tertiary/aromatic N) is 1. The van der Waals surface area contributed by atoms with Crippen LogP contribution in [-0.4, -0.2) is 28.7 Å². The van der Waals surface area contributed by atoms with Gasteiger partial charge in [0.05, 0.1) is 5.56 Å². The molecule has 0 saturated carbocycles. The van der Waals surface area contributed by atoms with Gasteiger partial charge in [-0.25, -0.2) is 0 Å². The molecule has 130 valence electrons. The first-order valence-electron chi connectivity index (χ1n) is 7.20. The van der Waals surface area contributed by atoms with Crippen molar-refractivity contribution in [2.45, 2.75) is 32.0 Å². The molecule has 0 aliphatic rings. The second-order valence-electron chi connectivity index (χ2n) is 5.46. The summed E-state index contributed by atoms with van der Waals surface area (Å²) >= 11 is 0. The molecule has 24 heavy (non-hydrogen) atoms. The molecule has 2 aromatic heterocycles. The van der Waals surface area contributed by atoms with Crippen LogP contribution in [0.2, 0.25) is 0 Å². The highest BCUT2D eigenvalue weighted by molar-refractivity contribution is 5.93. The number of hydrogen-bond acceptors (Lipinski definition) is 4. The Morgan fingerprint density at radius 3 is 2.46 bits per heavy atom. The minimum absolute atomic E-state index is 0.227. The van der Waals surface area contributed by atoms with Gasteiger partial charge in [-0.05, 0) is 38.1 Å². The molecule has 0 spiro atoms. The Kier molecular flexibility index (Phi) is 4.98. The fraction of sp³-hybridized carbons (Fsp3) is 0.375. The highest BCUT2D eigenvalue weighted by Crippen LogP contribution is 2.41. The maximum Gasteiger partial charge on any atom is 0.424 e. The SMILES string of the molecule is Cc1ccc(C(=O)NCC[C@@](O)(c2ccc(C)o2)C(F)(F)F)cn1. The summed E-state index contributed by atoms with van der Waals surface area (Å²) in [5, 5.41) is 12.4. The van der Waals surface area contributed by atoms with Crippen LogP contribution < -0.4 is 5.32 Å². The maximum atomic E-state index is 13.3. The molecule has 2 heterocycles. The summed E-state index contributed by atoms with van der Waals surface area (Å²) in [7, 11) is 0. The third-order valence-corrected chi connectivity index (χ3v) is 3.56. The van der Waals surface area contributed by atoms with Crippen molar-refractivity contribution >= 4 is 5.91 Å². The zero-order chi connectivity index (χ0) is 18.0. The zero-order valence-electron chi connectivity index (χ0n) is 13.1. The van der Waals surface area contributed by atoms with Gasteiger partial charge < -0.3 is 14.8 Å². The number of amides is 1. The number of furan rings is 1. The number of nitrogens with one attached hydrogen (secondary N) is 1. The molecule has 0 aromatic carbocycles. The number of carbonyl (C=O) groups is 1. The highest BCUT2D eigenvalue weighted by Gasteiger charge is 2.56. The summed E-state index contributed by atoms with van der Waals surface area (Å²) in [4.78, 5) is 15.8. The van der Waals surface area contributed by atoms with Crippen molar-refractivity contribution in [1.82, 2.24) is 10.3 Å². The summed E-state index contributed by atoms with van der Waals surface area (Å²) in [6.07, 6.45) is -4.38. The Bertz CT molecular complexity index is 710. The van der Waals surface area contributed by atoms with Crippen LogP contribution in [0.5, 0.6) is 0 Å². The molecule has 1 atom stereocenters. The first-order valence-corrected chi connectivity index (χ1v) is 7.20. The second kappa shape index (κ2) is 6.64. The molecule has 2 aromatic rings. The standard InChI is InChI=1S/C16H17F3N2O3/c1-10-3-5-12(9-21-10)14(22)20-8-7-15(23,16(17,18)19)13-6-4-11(2)24-13/h3-6,9,23H,7-8H2,1-2H3,(H,20,22)/t15-/m1/s1. The van der Waals surface area contributed by atoms with Crippen molar-refractivity contribution in [3.63, 3.8) is 0 Å². The van der Waals surface area contributed by atoms with Gasteiger partial charge in [0.2, 0.25) is 5.60 Å². The Balaban J connectivity index is 2.06. The number of carbonyl (C=O) groups excluding carboxylic acids is 1. The minimum atomic E-state index is -4.94. The zero-order valence-corrected chi connectivity index (χ0v) is 13.1. The van der Waals surface area contributed by atoms with Crippen LogP contribution in [0.3, 0.4) is 0 Å². The predicted molar refractivity (Wildman–Crippen MR) is 79.3 cm³/mol. The lowest BCUT2D eigenvalue weighted by molar-refractivity contribution is -0.274. The summed E-state index contributed by atoms with van der Waals surface area (Å²) < 4.78 is 44.7. The van der Waals surface area contributed by atoms with E-state index < -0.39 is 29.9 Å². The van der Waals surface area contributed by atoms with Gasteiger partial charge in [-0.15, -0.1) is 0 Å². The van der Waals surface area contributed by atoms with E-state index in [-0.39, 0.29) is 17.9 Å².